The van der Waals surface area contributed by atoms with Crippen molar-refractivity contribution in [1.29, 1.82) is 0 Å². The fourth-order valence-electron chi connectivity index (χ4n) is 4.59. The molecular formula is C22H35N3OS. The summed E-state index contributed by atoms with van der Waals surface area (Å²) in [4.78, 5) is 15.0. The summed E-state index contributed by atoms with van der Waals surface area (Å²) in [6, 6.07) is 2.36. The zero-order chi connectivity index (χ0) is 19.2. The molecule has 5 heteroatoms. The number of hydrogen-bond acceptors (Lipinski definition) is 3. The second kappa shape index (κ2) is 9.83. The van der Waals surface area contributed by atoms with Gasteiger partial charge in [-0.05, 0) is 105 Å². The lowest BCUT2D eigenvalue weighted by atomic mass is 9.99. The highest BCUT2D eigenvalue weighted by Gasteiger charge is 2.25. The van der Waals surface area contributed by atoms with Crippen LogP contribution in [0.25, 0.3) is 0 Å². The van der Waals surface area contributed by atoms with Crippen LogP contribution in [0.2, 0.25) is 0 Å². The molecule has 0 spiro atoms. The molecule has 0 radical (unpaired) electrons. The van der Waals surface area contributed by atoms with Gasteiger partial charge >= 0.3 is 6.03 Å². The maximum Gasteiger partial charge on any atom is 0.329 e. The quantitative estimate of drug-likeness (QED) is 0.717. The van der Waals surface area contributed by atoms with Crippen molar-refractivity contribution in [2.45, 2.75) is 77.4 Å². The Morgan fingerprint density at radius 1 is 1.07 bits per heavy atom. The molecule has 1 aromatic carbocycles. The Labute approximate surface area is 169 Å². The molecule has 1 aromatic rings. The predicted octanol–water partition coefficient (Wildman–Crippen LogP) is 4.94. The molecule has 2 aliphatic carbocycles. The Bertz CT molecular complexity index is 621. The largest absolute Gasteiger partial charge is 0.329 e. The molecule has 2 N–H and O–H groups in total. The van der Waals surface area contributed by atoms with Gasteiger partial charge in [-0.15, -0.1) is 0 Å². The normalized spacial score (nSPS) is 19.1. The van der Waals surface area contributed by atoms with Gasteiger partial charge in [0.2, 0.25) is 0 Å². The van der Waals surface area contributed by atoms with E-state index in [2.05, 4.69) is 27.9 Å². The number of carbonyl (C=O) groups is 1. The minimum atomic E-state index is -0.0441. The Kier molecular flexibility index (Phi) is 7.48. The van der Waals surface area contributed by atoms with E-state index in [1.165, 1.54) is 47.9 Å². The van der Waals surface area contributed by atoms with Crippen molar-refractivity contribution >= 4 is 23.7 Å². The highest BCUT2D eigenvalue weighted by atomic mass is 32.2. The number of fused-ring (bicyclic) bond motifs is 2. The Morgan fingerprint density at radius 2 is 1.67 bits per heavy atom. The molecule has 2 amide bonds. The van der Waals surface area contributed by atoms with E-state index in [4.69, 9.17) is 0 Å². The predicted molar refractivity (Wildman–Crippen MR) is 117 cm³/mol. The summed E-state index contributed by atoms with van der Waals surface area (Å²) in [5, 5.41) is 3.76. The molecule has 27 heavy (non-hydrogen) atoms. The first-order chi connectivity index (χ1) is 13.2. The third kappa shape index (κ3) is 4.80. The molecule has 4 nitrogen and oxygen atoms in total. The maximum atomic E-state index is 12.5. The summed E-state index contributed by atoms with van der Waals surface area (Å²) in [6.07, 6.45) is 9.33. The summed E-state index contributed by atoms with van der Waals surface area (Å²) in [7, 11) is 0. The third-order valence-corrected chi connectivity index (χ3v) is 7.12. The van der Waals surface area contributed by atoms with Gasteiger partial charge in [0.15, 0.2) is 0 Å². The summed E-state index contributed by atoms with van der Waals surface area (Å²) >= 11 is 1.62. The number of likely N-dealkylation sites (tertiary alicyclic amines) is 1. The van der Waals surface area contributed by atoms with Gasteiger partial charge < -0.3 is 10.2 Å². The van der Waals surface area contributed by atoms with E-state index in [-0.39, 0.29) is 6.03 Å². The number of carbonyl (C=O) groups excluding carboxylic acids is 1. The number of aryl methyl sites for hydroxylation is 2. The number of nitrogens with one attached hydrogen (secondary N) is 2. The average molecular weight is 390 g/mol. The van der Waals surface area contributed by atoms with Crippen LogP contribution in [0.3, 0.4) is 0 Å². The van der Waals surface area contributed by atoms with Gasteiger partial charge in [-0.1, -0.05) is 26.8 Å². The van der Waals surface area contributed by atoms with Crippen LogP contribution in [0.15, 0.2) is 6.07 Å². The minimum absolute atomic E-state index is 0.0441. The van der Waals surface area contributed by atoms with Crippen LogP contribution >= 0.6 is 11.9 Å². The molecule has 0 unspecified atom stereocenters. The van der Waals surface area contributed by atoms with E-state index in [1.54, 1.807) is 11.9 Å². The third-order valence-electron chi connectivity index (χ3n) is 6.01. The zero-order valence-corrected chi connectivity index (χ0v) is 18.0. The molecule has 0 atom stereocenters. The first-order valence-corrected chi connectivity index (χ1v) is 11.7. The fraction of sp³-hybridized carbons (Fsp3) is 0.682. The van der Waals surface area contributed by atoms with Gasteiger partial charge in [-0.3, -0.25) is 4.72 Å². The molecule has 0 bridgehead atoms. The second-order valence-electron chi connectivity index (χ2n) is 7.54. The van der Waals surface area contributed by atoms with Crippen LogP contribution in [0.5, 0.6) is 0 Å². The number of nitrogens with zero attached hydrogens (tertiary/aromatic N) is 1. The molecule has 4 rings (SSSR count). The number of urea groups is 1. The molecular weight excluding hydrogens is 354 g/mol. The SMILES string of the molecule is CC.CCN1CCC(SNC(=O)Nc2c3c(cc4c2CCC4)CCC3)CC1. The lowest BCUT2D eigenvalue weighted by molar-refractivity contribution is 0.243. The van der Waals surface area contributed by atoms with E-state index in [9.17, 15) is 4.79 Å². The summed E-state index contributed by atoms with van der Waals surface area (Å²) in [5.74, 6) is 0. The van der Waals surface area contributed by atoms with E-state index in [0.29, 0.717) is 5.25 Å². The molecule has 1 saturated heterocycles. The van der Waals surface area contributed by atoms with Crippen molar-refractivity contribution in [3.8, 4) is 0 Å². The van der Waals surface area contributed by atoms with Gasteiger partial charge in [0.25, 0.3) is 0 Å². The summed E-state index contributed by atoms with van der Waals surface area (Å²) in [6.45, 7) is 9.65. The van der Waals surface area contributed by atoms with Crippen molar-refractivity contribution in [2.75, 3.05) is 25.0 Å². The van der Waals surface area contributed by atoms with Crippen LogP contribution < -0.4 is 10.0 Å². The number of hydrogen-bond donors (Lipinski definition) is 2. The smallest absolute Gasteiger partial charge is 0.307 e. The standard InChI is InChI=1S/C20H29N3OS.C2H6/c1-2-23-11-9-16(10-12-23)25-22-20(24)21-19-17-7-3-5-14(17)13-15-6-4-8-18(15)19;1-2/h13,16H,2-12H2,1H3,(H2,21,22,24);1-2H3. The lowest BCUT2D eigenvalue weighted by Gasteiger charge is -2.30. The Balaban J connectivity index is 0.00000102. The number of amides is 2. The minimum Gasteiger partial charge on any atom is -0.307 e. The summed E-state index contributed by atoms with van der Waals surface area (Å²) < 4.78 is 3.06. The average Bonchev–Trinajstić information content (AvgIpc) is 3.37. The van der Waals surface area contributed by atoms with Crippen LogP contribution in [0, 0.1) is 0 Å². The lowest BCUT2D eigenvalue weighted by Crippen LogP contribution is -2.36. The van der Waals surface area contributed by atoms with Crippen molar-refractivity contribution in [3.05, 3.63) is 28.3 Å². The zero-order valence-electron chi connectivity index (χ0n) is 17.2. The first-order valence-electron chi connectivity index (χ1n) is 10.9. The first kappa shape index (κ1) is 20.5. The number of piperidine rings is 1. The van der Waals surface area contributed by atoms with Crippen molar-refractivity contribution in [2.24, 2.45) is 0 Å². The van der Waals surface area contributed by atoms with Gasteiger partial charge in [0.1, 0.15) is 0 Å². The monoisotopic (exact) mass is 389 g/mol. The molecule has 150 valence electrons. The van der Waals surface area contributed by atoms with Crippen molar-refractivity contribution in [3.63, 3.8) is 0 Å². The number of anilines is 1. The van der Waals surface area contributed by atoms with Crippen molar-refractivity contribution in [1.82, 2.24) is 9.62 Å². The fourth-order valence-corrected chi connectivity index (χ4v) is 5.36. The number of rotatable bonds is 4. The van der Waals surface area contributed by atoms with Crippen LogP contribution in [-0.4, -0.2) is 35.8 Å². The molecule has 1 heterocycles. The molecule has 0 aromatic heterocycles. The van der Waals surface area contributed by atoms with Crippen LogP contribution in [-0.2, 0) is 25.7 Å². The van der Waals surface area contributed by atoms with Crippen LogP contribution in [0.1, 0.15) is 68.7 Å². The van der Waals surface area contributed by atoms with E-state index >= 15 is 0 Å². The topological polar surface area (TPSA) is 44.4 Å². The number of benzene rings is 1. The second-order valence-corrected chi connectivity index (χ2v) is 8.65. The van der Waals surface area contributed by atoms with Gasteiger partial charge in [-0.25, -0.2) is 4.79 Å². The molecule has 3 aliphatic rings. The van der Waals surface area contributed by atoms with E-state index in [0.717, 1.165) is 51.0 Å². The van der Waals surface area contributed by atoms with Gasteiger partial charge in [0, 0.05) is 10.9 Å². The maximum absolute atomic E-state index is 12.5. The highest BCUT2D eigenvalue weighted by molar-refractivity contribution is 7.98. The van der Waals surface area contributed by atoms with Crippen molar-refractivity contribution < 1.29 is 4.79 Å². The molecule has 1 aliphatic heterocycles. The van der Waals surface area contributed by atoms with Gasteiger partial charge in [0.05, 0.1) is 0 Å². The van der Waals surface area contributed by atoms with E-state index in [1.807, 2.05) is 13.8 Å². The Hall–Kier alpha value is -1.20. The highest BCUT2D eigenvalue weighted by Crippen LogP contribution is 2.38. The summed E-state index contributed by atoms with van der Waals surface area (Å²) in [5.41, 5.74) is 6.88. The van der Waals surface area contributed by atoms with E-state index < -0.39 is 0 Å². The van der Waals surface area contributed by atoms with Gasteiger partial charge in [-0.2, -0.15) is 0 Å². The molecule has 0 saturated carbocycles. The van der Waals surface area contributed by atoms with Crippen LogP contribution in [0.4, 0.5) is 10.5 Å². The molecule has 1 fully saturated rings. The Morgan fingerprint density at radius 3 is 2.22 bits per heavy atom.